The number of nitrogens with one attached hydrogen (secondary N) is 1. The van der Waals surface area contributed by atoms with E-state index in [0.717, 1.165) is 4.77 Å². The summed E-state index contributed by atoms with van der Waals surface area (Å²) in [6, 6.07) is 6.95. The van der Waals surface area contributed by atoms with Crippen molar-refractivity contribution in [3.63, 3.8) is 0 Å². The van der Waals surface area contributed by atoms with Gasteiger partial charge in [-0.25, -0.2) is 0 Å². The molecule has 0 spiro atoms. The van der Waals surface area contributed by atoms with E-state index in [9.17, 15) is 0 Å². The van der Waals surface area contributed by atoms with Gasteiger partial charge in [-0.15, -0.1) is 0 Å². The first-order valence-corrected chi connectivity index (χ1v) is 7.61. The Kier molecular flexibility index (Phi) is 3.01. The summed E-state index contributed by atoms with van der Waals surface area (Å²) in [6.07, 6.45) is 2.47. The Morgan fingerprint density at radius 2 is 2.12 bits per heavy atom. The second kappa shape index (κ2) is 4.50. The van der Waals surface area contributed by atoms with Crippen LogP contribution in [0.2, 0.25) is 0 Å². The lowest BCUT2D eigenvalue weighted by Gasteiger charge is -2.23. The highest BCUT2D eigenvalue weighted by Crippen LogP contribution is 2.31. The van der Waals surface area contributed by atoms with E-state index in [1.54, 1.807) is 0 Å². The maximum atomic E-state index is 5.49. The normalized spacial score (nSPS) is 17.7. The summed E-state index contributed by atoms with van der Waals surface area (Å²) in [4.78, 5) is 3.34. The molecule has 2 nitrogen and oxygen atoms in total. The zero-order valence-electron chi connectivity index (χ0n) is 9.90. The minimum Gasteiger partial charge on any atom is -0.331 e. The molecule has 2 aromatic rings. The zero-order chi connectivity index (χ0) is 11.8. The molecule has 1 aromatic heterocycles. The fraction of sp³-hybridized carbons (Fsp3) is 0.462. The third kappa shape index (κ3) is 1.93. The fourth-order valence-electron chi connectivity index (χ4n) is 2.65. The van der Waals surface area contributed by atoms with Crippen molar-refractivity contribution in [2.45, 2.75) is 25.8 Å². The van der Waals surface area contributed by atoms with E-state index in [1.165, 1.54) is 40.9 Å². The molecular formula is C13H16N2S2. The number of fused-ring (bicyclic) bond motifs is 1. The topological polar surface area (TPSA) is 20.7 Å². The Morgan fingerprint density at radius 3 is 2.88 bits per heavy atom. The van der Waals surface area contributed by atoms with Gasteiger partial charge in [0.2, 0.25) is 0 Å². The van der Waals surface area contributed by atoms with E-state index < -0.39 is 0 Å². The molecule has 0 amide bonds. The maximum Gasteiger partial charge on any atom is 0.178 e. The fourth-order valence-corrected chi connectivity index (χ4v) is 4.08. The molecule has 4 heteroatoms. The molecule has 90 valence electrons. The second-order valence-corrected chi connectivity index (χ2v) is 6.23. The van der Waals surface area contributed by atoms with Crippen molar-refractivity contribution in [2.24, 2.45) is 0 Å². The van der Waals surface area contributed by atoms with Crippen LogP contribution < -0.4 is 0 Å². The summed E-state index contributed by atoms with van der Waals surface area (Å²) in [6.45, 7) is 2.17. The predicted molar refractivity (Wildman–Crippen MR) is 77.5 cm³/mol. The average Bonchev–Trinajstić information content (AvgIpc) is 2.68. The number of aryl methyl sites for hydroxylation is 1. The number of H-pyrrole nitrogens is 1. The number of imidazole rings is 1. The van der Waals surface area contributed by atoms with Crippen molar-refractivity contribution in [2.75, 3.05) is 11.5 Å². The van der Waals surface area contributed by atoms with Crippen LogP contribution in [0.1, 0.15) is 24.4 Å². The second-order valence-electron chi connectivity index (χ2n) is 4.61. The van der Waals surface area contributed by atoms with Gasteiger partial charge in [0.15, 0.2) is 4.77 Å². The van der Waals surface area contributed by atoms with Crippen molar-refractivity contribution in [3.8, 4) is 0 Å². The summed E-state index contributed by atoms with van der Waals surface area (Å²) in [7, 11) is 0. The first-order chi connectivity index (χ1) is 8.27. The number of thioether (sulfide) groups is 1. The van der Waals surface area contributed by atoms with Gasteiger partial charge in [-0.2, -0.15) is 11.8 Å². The summed E-state index contributed by atoms with van der Waals surface area (Å²) in [5.41, 5.74) is 3.79. The molecule has 1 aromatic carbocycles. The van der Waals surface area contributed by atoms with Gasteiger partial charge in [-0.1, -0.05) is 12.1 Å². The highest BCUT2D eigenvalue weighted by Gasteiger charge is 2.19. The molecule has 0 radical (unpaired) electrons. The van der Waals surface area contributed by atoms with Crippen LogP contribution in [0, 0.1) is 11.7 Å². The van der Waals surface area contributed by atoms with Crippen LogP contribution in [-0.2, 0) is 0 Å². The van der Waals surface area contributed by atoms with E-state index in [2.05, 4.69) is 46.4 Å². The lowest BCUT2D eigenvalue weighted by molar-refractivity contribution is 0.476. The number of nitrogens with zero attached hydrogens (tertiary/aromatic N) is 1. The van der Waals surface area contributed by atoms with Gasteiger partial charge >= 0.3 is 0 Å². The van der Waals surface area contributed by atoms with Crippen molar-refractivity contribution in [1.29, 1.82) is 0 Å². The average molecular weight is 264 g/mol. The monoisotopic (exact) mass is 264 g/mol. The smallest absolute Gasteiger partial charge is 0.178 e. The Hall–Kier alpha value is -0.740. The highest BCUT2D eigenvalue weighted by atomic mass is 32.2. The number of aromatic nitrogens is 2. The van der Waals surface area contributed by atoms with Crippen molar-refractivity contribution in [1.82, 2.24) is 9.55 Å². The molecule has 1 saturated heterocycles. The molecule has 0 aliphatic carbocycles. The first-order valence-electron chi connectivity index (χ1n) is 6.05. The van der Waals surface area contributed by atoms with Gasteiger partial charge in [0.25, 0.3) is 0 Å². The van der Waals surface area contributed by atoms with E-state index in [1.807, 2.05) is 0 Å². The van der Waals surface area contributed by atoms with E-state index in [4.69, 9.17) is 12.2 Å². The van der Waals surface area contributed by atoms with Gasteiger partial charge in [-0.3, -0.25) is 0 Å². The first kappa shape index (κ1) is 11.4. The van der Waals surface area contributed by atoms with Crippen LogP contribution in [0.15, 0.2) is 18.2 Å². The van der Waals surface area contributed by atoms with Crippen LogP contribution in [0.5, 0.6) is 0 Å². The Morgan fingerprint density at radius 1 is 1.35 bits per heavy atom. The molecule has 3 rings (SSSR count). The third-order valence-corrected chi connectivity index (χ3v) is 4.84. The lowest BCUT2D eigenvalue weighted by atomic mass is 10.1. The lowest BCUT2D eigenvalue weighted by Crippen LogP contribution is -2.15. The van der Waals surface area contributed by atoms with Crippen LogP contribution in [0.3, 0.4) is 0 Å². The number of para-hydroxylation sites is 1. The van der Waals surface area contributed by atoms with Gasteiger partial charge in [-0.05, 0) is 55.1 Å². The molecule has 0 atom stereocenters. The Bertz CT molecular complexity index is 591. The molecule has 0 bridgehead atoms. The van der Waals surface area contributed by atoms with Crippen molar-refractivity contribution >= 4 is 35.0 Å². The molecule has 2 heterocycles. The predicted octanol–water partition coefficient (Wildman–Crippen LogP) is 4.08. The zero-order valence-corrected chi connectivity index (χ0v) is 11.5. The molecule has 17 heavy (non-hydrogen) atoms. The molecule has 1 N–H and O–H groups in total. The Labute approximate surface area is 110 Å². The largest absolute Gasteiger partial charge is 0.331 e. The van der Waals surface area contributed by atoms with Gasteiger partial charge in [0.05, 0.1) is 11.0 Å². The van der Waals surface area contributed by atoms with Gasteiger partial charge < -0.3 is 9.55 Å². The molecule has 0 unspecified atom stereocenters. The van der Waals surface area contributed by atoms with Crippen LogP contribution in [-0.4, -0.2) is 21.1 Å². The summed E-state index contributed by atoms with van der Waals surface area (Å²) >= 11 is 7.55. The summed E-state index contributed by atoms with van der Waals surface area (Å²) in [5, 5.41) is 0. The molecule has 1 fully saturated rings. The Balaban J connectivity index is 2.20. The van der Waals surface area contributed by atoms with E-state index >= 15 is 0 Å². The van der Waals surface area contributed by atoms with Crippen LogP contribution in [0.25, 0.3) is 11.0 Å². The van der Waals surface area contributed by atoms with E-state index in [-0.39, 0.29) is 0 Å². The summed E-state index contributed by atoms with van der Waals surface area (Å²) < 4.78 is 3.23. The van der Waals surface area contributed by atoms with Crippen molar-refractivity contribution in [3.05, 3.63) is 28.5 Å². The number of benzene rings is 1. The number of hydrogen-bond acceptors (Lipinski definition) is 2. The number of aromatic amines is 1. The SMILES string of the molecule is Cc1cccc2[nH]c(=S)n(C3CCSCC3)c12. The molecule has 1 aliphatic rings. The van der Waals surface area contributed by atoms with Gasteiger partial charge in [0.1, 0.15) is 0 Å². The summed E-state index contributed by atoms with van der Waals surface area (Å²) in [5.74, 6) is 2.51. The van der Waals surface area contributed by atoms with Crippen LogP contribution in [0.4, 0.5) is 0 Å². The molecule has 0 saturated carbocycles. The number of hydrogen-bond donors (Lipinski definition) is 1. The third-order valence-electron chi connectivity index (χ3n) is 3.50. The minimum absolute atomic E-state index is 0.582. The number of rotatable bonds is 1. The quantitative estimate of drug-likeness (QED) is 0.784. The van der Waals surface area contributed by atoms with Crippen LogP contribution >= 0.6 is 24.0 Å². The van der Waals surface area contributed by atoms with E-state index in [0.29, 0.717) is 6.04 Å². The van der Waals surface area contributed by atoms with Gasteiger partial charge in [0, 0.05) is 6.04 Å². The standard InChI is InChI=1S/C13H16N2S2/c1-9-3-2-4-11-12(9)15(13(16)14-11)10-5-7-17-8-6-10/h2-4,10H,5-8H2,1H3,(H,14,16). The highest BCUT2D eigenvalue weighted by molar-refractivity contribution is 7.99. The van der Waals surface area contributed by atoms with Crippen molar-refractivity contribution < 1.29 is 0 Å². The molecule has 1 aliphatic heterocycles. The molecular weight excluding hydrogens is 248 g/mol. The maximum absolute atomic E-state index is 5.49. The minimum atomic E-state index is 0.582.